The van der Waals surface area contributed by atoms with Crippen molar-refractivity contribution in [1.29, 1.82) is 0 Å². The Balaban J connectivity index is 1.44. The number of hydrogen-bond donors (Lipinski definition) is 2. The Hall–Kier alpha value is -1.03. The predicted molar refractivity (Wildman–Crippen MR) is 70.5 cm³/mol. The maximum Gasteiger partial charge on any atom is 0.166 e. The van der Waals surface area contributed by atoms with Gasteiger partial charge in [-0.2, -0.15) is 0 Å². The van der Waals surface area contributed by atoms with Crippen LogP contribution >= 0.6 is 12.2 Å². The minimum atomic E-state index is 0.602. The smallest absolute Gasteiger partial charge is 0.166 e. The fourth-order valence-electron chi connectivity index (χ4n) is 3.22. The topological polar surface area (TPSA) is 37.2 Å². The van der Waals surface area contributed by atoms with Crippen molar-refractivity contribution >= 4 is 17.3 Å². The summed E-state index contributed by atoms with van der Waals surface area (Å²) in [5.41, 5.74) is 0. The van der Waals surface area contributed by atoms with Crippen molar-refractivity contribution < 1.29 is 4.42 Å². The fourth-order valence-corrected chi connectivity index (χ4v) is 3.45. The molecule has 0 unspecified atom stereocenters. The van der Waals surface area contributed by atoms with Crippen molar-refractivity contribution in [1.82, 2.24) is 10.6 Å². The summed E-state index contributed by atoms with van der Waals surface area (Å²) in [5, 5.41) is 7.41. The van der Waals surface area contributed by atoms with E-state index in [4.69, 9.17) is 16.6 Å². The lowest BCUT2D eigenvalue weighted by Crippen LogP contribution is -2.43. The van der Waals surface area contributed by atoms with Crippen LogP contribution < -0.4 is 10.6 Å². The normalized spacial score (nSPS) is 30.5. The van der Waals surface area contributed by atoms with Crippen LogP contribution in [0.1, 0.15) is 31.4 Å². The molecule has 2 aliphatic carbocycles. The molecule has 2 N–H and O–H groups in total. The van der Waals surface area contributed by atoms with Crippen LogP contribution in [0.2, 0.25) is 0 Å². The first-order valence-electron chi connectivity index (χ1n) is 6.38. The molecule has 3 nitrogen and oxygen atoms in total. The van der Waals surface area contributed by atoms with E-state index in [1.165, 1.54) is 25.7 Å². The van der Waals surface area contributed by atoms with Gasteiger partial charge in [0.25, 0.3) is 0 Å². The SMILES string of the molecule is S=C(NCc1ccco1)N[C@H]1C[C@@H]2CC[C@@H]1C2. The lowest BCUT2D eigenvalue weighted by molar-refractivity contribution is 0.388. The van der Waals surface area contributed by atoms with Crippen LogP contribution in [0.3, 0.4) is 0 Å². The van der Waals surface area contributed by atoms with Crippen LogP contribution in [0.25, 0.3) is 0 Å². The molecule has 2 bridgehead atoms. The first kappa shape index (κ1) is 11.1. The molecule has 0 radical (unpaired) electrons. The van der Waals surface area contributed by atoms with E-state index in [1.807, 2.05) is 12.1 Å². The highest BCUT2D eigenvalue weighted by Gasteiger charge is 2.39. The molecule has 0 aliphatic heterocycles. The molecular formula is C13H18N2OS. The average molecular weight is 250 g/mol. The lowest BCUT2D eigenvalue weighted by Gasteiger charge is -2.24. The highest BCUT2D eigenvalue weighted by Crippen LogP contribution is 2.44. The summed E-state index contributed by atoms with van der Waals surface area (Å²) in [7, 11) is 0. The highest BCUT2D eigenvalue weighted by molar-refractivity contribution is 7.80. The number of hydrogen-bond acceptors (Lipinski definition) is 2. The second-order valence-corrected chi connectivity index (χ2v) is 5.60. The molecule has 2 saturated carbocycles. The van der Waals surface area contributed by atoms with Gasteiger partial charge in [-0.15, -0.1) is 0 Å². The Morgan fingerprint density at radius 3 is 3.00 bits per heavy atom. The minimum Gasteiger partial charge on any atom is -0.467 e. The summed E-state index contributed by atoms with van der Waals surface area (Å²) in [6, 6.07) is 4.45. The van der Waals surface area contributed by atoms with Crippen molar-refractivity contribution in [2.45, 2.75) is 38.3 Å². The van der Waals surface area contributed by atoms with Crippen molar-refractivity contribution in [3.8, 4) is 0 Å². The van der Waals surface area contributed by atoms with Gasteiger partial charge in [-0.05, 0) is 55.4 Å². The monoisotopic (exact) mass is 250 g/mol. The van der Waals surface area contributed by atoms with Gasteiger partial charge in [0.15, 0.2) is 5.11 Å². The van der Waals surface area contributed by atoms with E-state index in [1.54, 1.807) is 6.26 Å². The Morgan fingerprint density at radius 2 is 2.35 bits per heavy atom. The average Bonchev–Trinajstić information content (AvgIpc) is 3.03. The molecule has 2 aliphatic rings. The Morgan fingerprint density at radius 1 is 1.41 bits per heavy atom. The molecular weight excluding hydrogens is 232 g/mol. The highest BCUT2D eigenvalue weighted by atomic mass is 32.1. The summed E-state index contributed by atoms with van der Waals surface area (Å²) in [4.78, 5) is 0. The zero-order valence-electron chi connectivity index (χ0n) is 9.82. The van der Waals surface area contributed by atoms with Crippen molar-refractivity contribution in [2.75, 3.05) is 0 Å². The van der Waals surface area contributed by atoms with E-state index in [9.17, 15) is 0 Å². The second kappa shape index (κ2) is 4.69. The lowest BCUT2D eigenvalue weighted by atomic mass is 9.96. The zero-order valence-corrected chi connectivity index (χ0v) is 10.6. The second-order valence-electron chi connectivity index (χ2n) is 5.19. The molecule has 4 heteroatoms. The standard InChI is InChI=1S/C13H18N2OS/c17-13(14-8-11-2-1-5-16-11)15-12-7-9-3-4-10(12)6-9/h1-2,5,9-10,12H,3-4,6-8H2,(H2,14,15,17)/t9-,10-,12+/m1/s1. The number of furan rings is 1. The van der Waals surface area contributed by atoms with Gasteiger partial charge in [0.2, 0.25) is 0 Å². The Labute approximate surface area is 107 Å². The van der Waals surface area contributed by atoms with Gasteiger partial charge < -0.3 is 15.1 Å². The maximum atomic E-state index is 5.32. The summed E-state index contributed by atoms with van der Waals surface area (Å²) in [6.07, 6.45) is 7.19. The van der Waals surface area contributed by atoms with E-state index in [0.717, 1.165) is 22.7 Å². The minimum absolute atomic E-state index is 0.602. The van der Waals surface area contributed by atoms with Crippen LogP contribution in [0, 0.1) is 11.8 Å². The summed E-state index contributed by atoms with van der Waals surface area (Å²) < 4.78 is 5.25. The maximum absolute atomic E-state index is 5.32. The molecule has 17 heavy (non-hydrogen) atoms. The third-order valence-corrected chi connectivity index (χ3v) is 4.32. The number of nitrogens with one attached hydrogen (secondary N) is 2. The third kappa shape index (κ3) is 2.46. The number of rotatable bonds is 3. The van der Waals surface area contributed by atoms with Crippen LogP contribution in [0.5, 0.6) is 0 Å². The van der Waals surface area contributed by atoms with E-state index >= 15 is 0 Å². The van der Waals surface area contributed by atoms with E-state index in [2.05, 4.69) is 10.6 Å². The zero-order chi connectivity index (χ0) is 11.7. The summed E-state index contributed by atoms with van der Waals surface area (Å²) in [5.74, 6) is 2.72. The van der Waals surface area contributed by atoms with Crippen LogP contribution in [-0.4, -0.2) is 11.2 Å². The molecule has 1 heterocycles. The number of fused-ring (bicyclic) bond motifs is 2. The molecule has 0 saturated heterocycles. The van der Waals surface area contributed by atoms with E-state index in [0.29, 0.717) is 12.6 Å². The fraction of sp³-hybridized carbons (Fsp3) is 0.615. The van der Waals surface area contributed by atoms with Crippen LogP contribution in [-0.2, 0) is 6.54 Å². The summed E-state index contributed by atoms with van der Waals surface area (Å²) >= 11 is 5.32. The van der Waals surface area contributed by atoms with E-state index in [-0.39, 0.29) is 0 Å². The van der Waals surface area contributed by atoms with Gasteiger partial charge in [0, 0.05) is 6.04 Å². The number of thiocarbonyl (C=S) groups is 1. The third-order valence-electron chi connectivity index (χ3n) is 4.06. The Bertz CT molecular complexity index is 390. The van der Waals surface area contributed by atoms with Crippen LogP contribution in [0.15, 0.2) is 22.8 Å². The van der Waals surface area contributed by atoms with Gasteiger partial charge >= 0.3 is 0 Å². The predicted octanol–water partition coefficient (Wildman–Crippen LogP) is 2.43. The van der Waals surface area contributed by atoms with E-state index < -0.39 is 0 Å². The van der Waals surface area contributed by atoms with Crippen molar-refractivity contribution in [3.63, 3.8) is 0 Å². The van der Waals surface area contributed by atoms with Crippen molar-refractivity contribution in [3.05, 3.63) is 24.2 Å². The molecule has 0 amide bonds. The van der Waals surface area contributed by atoms with Gasteiger partial charge in [-0.1, -0.05) is 6.42 Å². The molecule has 2 fully saturated rings. The van der Waals surface area contributed by atoms with Gasteiger partial charge in [-0.3, -0.25) is 0 Å². The van der Waals surface area contributed by atoms with Gasteiger partial charge in [-0.25, -0.2) is 0 Å². The summed E-state index contributed by atoms with van der Waals surface area (Å²) in [6.45, 7) is 0.666. The van der Waals surface area contributed by atoms with Gasteiger partial charge in [0.05, 0.1) is 12.8 Å². The quantitative estimate of drug-likeness (QED) is 0.808. The molecule has 3 rings (SSSR count). The largest absolute Gasteiger partial charge is 0.467 e. The molecule has 92 valence electrons. The first-order valence-corrected chi connectivity index (χ1v) is 6.79. The Kier molecular flexibility index (Phi) is 3.05. The molecule has 0 aromatic carbocycles. The molecule has 1 aromatic heterocycles. The first-order chi connectivity index (χ1) is 8.31. The van der Waals surface area contributed by atoms with Gasteiger partial charge in [0.1, 0.15) is 5.76 Å². The molecule has 1 aromatic rings. The molecule has 0 spiro atoms. The molecule has 3 atom stereocenters. The van der Waals surface area contributed by atoms with Crippen molar-refractivity contribution in [2.24, 2.45) is 11.8 Å². The van der Waals surface area contributed by atoms with Crippen LogP contribution in [0.4, 0.5) is 0 Å².